The molecule has 204 valence electrons. The van der Waals surface area contributed by atoms with Gasteiger partial charge < -0.3 is 9.84 Å². The molecule has 0 aliphatic carbocycles. The third-order valence-electron chi connectivity index (χ3n) is 6.70. The summed E-state index contributed by atoms with van der Waals surface area (Å²) in [4.78, 5) is 17.1. The molecule has 3 aromatic rings. The monoisotopic (exact) mass is 522 g/mol. The molecular weight excluding hydrogens is 483 g/mol. The Morgan fingerprint density at radius 2 is 1.71 bits per heavy atom. The highest BCUT2D eigenvalue weighted by Gasteiger charge is 2.21. The molecule has 38 heavy (non-hydrogen) atoms. The van der Waals surface area contributed by atoms with Gasteiger partial charge in [0.2, 0.25) is 0 Å². The van der Waals surface area contributed by atoms with E-state index in [1.54, 1.807) is 12.1 Å². The van der Waals surface area contributed by atoms with E-state index in [-0.39, 0.29) is 18.2 Å². The molecule has 2 heterocycles. The van der Waals surface area contributed by atoms with E-state index >= 15 is 0 Å². The van der Waals surface area contributed by atoms with Crippen molar-refractivity contribution in [2.75, 3.05) is 45.9 Å². The lowest BCUT2D eigenvalue weighted by Crippen LogP contribution is -2.50. The highest BCUT2D eigenvalue weighted by molar-refractivity contribution is 5.80. The summed E-state index contributed by atoms with van der Waals surface area (Å²) in [7, 11) is 0. The number of carbonyl (C=O) groups is 1. The lowest BCUT2D eigenvalue weighted by Gasteiger charge is -2.35. The molecule has 0 amide bonds. The molecule has 7 nitrogen and oxygen atoms in total. The van der Waals surface area contributed by atoms with Gasteiger partial charge in [-0.05, 0) is 61.2 Å². The van der Waals surface area contributed by atoms with Crippen LogP contribution in [0.3, 0.4) is 0 Å². The zero-order chi connectivity index (χ0) is 26.9. The van der Waals surface area contributed by atoms with Gasteiger partial charge in [0.05, 0.1) is 17.9 Å². The minimum atomic E-state index is -0.635. The molecule has 1 aliphatic rings. The number of rotatable bonds is 13. The summed E-state index contributed by atoms with van der Waals surface area (Å²) >= 11 is 0. The number of para-hydroxylation sites is 1. The van der Waals surface area contributed by atoms with Crippen LogP contribution in [0.15, 0.2) is 60.7 Å². The zero-order valence-electron chi connectivity index (χ0n) is 22.4. The van der Waals surface area contributed by atoms with Crippen molar-refractivity contribution in [1.82, 2.24) is 19.6 Å². The Hall–Kier alpha value is -3.07. The standard InChI is InChI=1S/C30H39FN4O3/c1-23(2)18-27-19-25(32-35(27)26-6-4-3-5-7-26)10-11-28(36)20-33-14-16-34(17-15-33)21-29(37)22-38-30-12-8-24(31)9-13-30/h3-9,12-13,19,23,29,37H,10-11,14-18,20-22H2,1-2H3/t29-/m1/s1. The number of nitrogens with zero attached hydrogens (tertiary/aromatic N) is 4. The SMILES string of the molecule is CC(C)Cc1cc(CCC(=O)CN2CCN(C[C@@H](O)COc3ccc(F)cc3)CC2)nn1-c1ccccc1. The van der Waals surface area contributed by atoms with Crippen LogP contribution < -0.4 is 4.74 Å². The Bertz CT molecular complexity index is 1140. The predicted molar refractivity (Wildman–Crippen MR) is 146 cm³/mol. The van der Waals surface area contributed by atoms with Gasteiger partial charge in [-0.1, -0.05) is 32.0 Å². The number of carbonyl (C=O) groups excluding carboxylic acids is 1. The number of hydrogen-bond acceptors (Lipinski definition) is 6. The number of benzene rings is 2. The van der Waals surface area contributed by atoms with Crippen molar-refractivity contribution in [2.45, 2.75) is 39.2 Å². The number of aryl methyl sites for hydroxylation is 1. The maximum Gasteiger partial charge on any atom is 0.147 e. The third kappa shape index (κ3) is 8.48. The summed E-state index contributed by atoms with van der Waals surface area (Å²) in [5.74, 6) is 0.970. The van der Waals surface area contributed by atoms with E-state index in [4.69, 9.17) is 9.84 Å². The largest absolute Gasteiger partial charge is 0.491 e. The number of aliphatic hydroxyl groups excluding tert-OH is 1. The number of ketones is 1. The number of halogens is 1. The minimum Gasteiger partial charge on any atom is -0.491 e. The summed E-state index contributed by atoms with van der Waals surface area (Å²) < 4.78 is 20.6. The Balaban J connectivity index is 1.18. The summed E-state index contributed by atoms with van der Waals surface area (Å²) in [6, 6.07) is 18.1. The third-order valence-corrected chi connectivity index (χ3v) is 6.70. The fourth-order valence-corrected chi connectivity index (χ4v) is 4.75. The lowest BCUT2D eigenvalue weighted by atomic mass is 10.1. The molecule has 1 N–H and O–H groups in total. The first kappa shape index (κ1) is 28.0. The summed E-state index contributed by atoms with van der Waals surface area (Å²) in [6.45, 7) is 8.68. The highest BCUT2D eigenvalue weighted by Crippen LogP contribution is 2.17. The summed E-state index contributed by atoms with van der Waals surface area (Å²) in [5, 5.41) is 15.2. The van der Waals surface area contributed by atoms with E-state index in [1.807, 2.05) is 22.9 Å². The van der Waals surface area contributed by atoms with E-state index in [2.05, 4.69) is 41.8 Å². The van der Waals surface area contributed by atoms with Crippen LogP contribution in [0.2, 0.25) is 0 Å². The van der Waals surface area contributed by atoms with Crippen molar-refractivity contribution in [1.29, 1.82) is 0 Å². The first-order valence-electron chi connectivity index (χ1n) is 13.5. The molecule has 2 aromatic carbocycles. The van der Waals surface area contributed by atoms with Gasteiger partial charge in [-0.15, -0.1) is 0 Å². The predicted octanol–water partition coefficient (Wildman–Crippen LogP) is 3.77. The summed E-state index contributed by atoms with van der Waals surface area (Å²) in [6.07, 6.45) is 1.42. The smallest absolute Gasteiger partial charge is 0.147 e. The van der Waals surface area contributed by atoms with Crippen molar-refractivity contribution in [3.05, 3.63) is 77.9 Å². The molecule has 1 fully saturated rings. The van der Waals surface area contributed by atoms with Crippen LogP contribution in [-0.4, -0.2) is 82.4 Å². The molecule has 0 radical (unpaired) electrons. The summed E-state index contributed by atoms with van der Waals surface area (Å²) in [5.41, 5.74) is 3.18. The first-order valence-corrected chi connectivity index (χ1v) is 13.5. The van der Waals surface area contributed by atoms with Crippen molar-refractivity contribution in [3.8, 4) is 11.4 Å². The quantitative estimate of drug-likeness (QED) is 0.369. The maximum atomic E-state index is 13.0. The van der Waals surface area contributed by atoms with E-state index in [1.165, 1.54) is 17.8 Å². The topological polar surface area (TPSA) is 70.8 Å². The van der Waals surface area contributed by atoms with Gasteiger partial charge in [0.25, 0.3) is 0 Å². The van der Waals surface area contributed by atoms with Crippen LogP contribution in [0.25, 0.3) is 5.69 Å². The molecule has 4 rings (SSSR count). The van der Waals surface area contributed by atoms with Gasteiger partial charge in [-0.2, -0.15) is 5.10 Å². The normalized spacial score (nSPS) is 15.6. The van der Waals surface area contributed by atoms with Crippen LogP contribution in [0.5, 0.6) is 5.75 Å². The Kier molecular flexibility index (Phi) is 10.0. The number of hydrogen-bond donors (Lipinski definition) is 1. The number of piperazine rings is 1. The zero-order valence-corrected chi connectivity index (χ0v) is 22.4. The van der Waals surface area contributed by atoms with Crippen molar-refractivity contribution in [3.63, 3.8) is 0 Å². The molecule has 0 unspecified atom stereocenters. The van der Waals surface area contributed by atoms with Crippen LogP contribution >= 0.6 is 0 Å². The molecular formula is C30H39FN4O3. The van der Waals surface area contributed by atoms with Crippen LogP contribution in [-0.2, 0) is 17.6 Å². The molecule has 8 heteroatoms. The van der Waals surface area contributed by atoms with E-state index in [0.717, 1.165) is 44.0 Å². The second-order valence-electron chi connectivity index (χ2n) is 10.5. The van der Waals surface area contributed by atoms with Crippen LogP contribution in [0, 0.1) is 11.7 Å². The van der Waals surface area contributed by atoms with Gasteiger partial charge in [0, 0.05) is 44.8 Å². The van der Waals surface area contributed by atoms with Gasteiger partial charge in [-0.3, -0.25) is 14.6 Å². The first-order chi connectivity index (χ1) is 18.4. The molecule has 1 aromatic heterocycles. The number of Topliss-reactive ketones (excluding diaryl/α,β-unsaturated/α-hetero) is 1. The van der Waals surface area contributed by atoms with E-state index < -0.39 is 6.10 Å². The van der Waals surface area contributed by atoms with Crippen molar-refractivity contribution in [2.24, 2.45) is 5.92 Å². The number of ether oxygens (including phenoxy) is 1. The van der Waals surface area contributed by atoms with E-state index in [9.17, 15) is 14.3 Å². The average Bonchev–Trinajstić information content (AvgIpc) is 3.31. The van der Waals surface area contributed by atoms with Gasteiger partial charge >= 0.3 is 0 Å². The van der Waals surface area contributed by atoms with E-state index in [0.29, 0.717) is 37.6 Å². The van der Waals surface area contributed by atoms with Crippen molar-refractivity contribution >= 4 is 5.78 Å². The molecule has 0 bridgehead atoms. The van der Waals surface area contributed by atoms with Crippen LogP contribution in [0.1, 0.15) is 31.7 Å². The molecule has 1 atom stereocenters. The average molecular weight is 523 g/mol. The molecule has 1 saturated heterocycles. The molecule has 0 spiro atoms. The van der Waals surface area contributed by atoms with Gasteiger partial charge in [0.1, 0.15) is 30.1 Å². The second-order valence-corrected chi connectivity index (χ2v) is 10.5. The number of aliphatic hydroxyl groups is 1. The molecule has 0 saturated carbocycles. The number of aromatic nitrogens is 2. The Morgan fingerprint density at radius 3 is 2.39 bits per heavy atom. The Labute approximate surface area is 224 Å². The maximum absolute atomic E-state index is 13.0. The minimum absolute atomic E-state index is 0.156. The van der Waals surface area contributed by atoms with Crippen molar-refractivity contribution < 1.29 is 19.0 Å². The molecule has 1 aliphatic heterocycles. The van der Waals surface area contributed by atoms with Gasteiger partial charge in [0.15, 0.2) is 0 Å². The lowest BCUT2D eigenvalue weighted by molar-refractivity contribution is -0.120. The van der Waals surface area contributed by atoms with Gasteiger partial charge in [-0.25, -0.2) is 9.07 Å². The fourth-order valence-electron chi connectivity index (χ4n) is 4.75. The fraction of sp³-hybridized carbons (Fsp3) is 0.467. The number of β-amino-alcohol motifs (C(OH)–C–C–N with tert-alkyl or cyclic N) is 1. The van der Waals surface area contributed by atoms with Crippen LogP contribution in [0.4, 0.5) is 4.39 Å². The second kappa shape index (κ2) is 13.6. The highest BCUT2D eigenvalue weighted by atomic mass is 19.1. The Morgan fingerprint density at radius 1 is 1.03 bits per heavy atom.